The van der Waals surface area contributed by atoms with Crippen LogP contribution in [0.1, 0.15) is 12.5 Å². The highest BCUT2D eigenvalue weighted by Gasteiger charge is 2.22. The molecule has 1 aliphatic rings. The molecule has 1 N–H and O–H groups in total. The van der Waals surface area contributed by atoms with Gasteiger partial charge in [0.25, 0.3) is 0 Å². The molecule has 1 aromatic carbocycles. The first-order valence-corrected chi connectivity index (χ1v) is 7.66. The molecule has 3 nitrogen and oxygen atoms in total. The molecule has 1 aromatic rings. The third-order valence-corrected chi connectivity index (χ3v) is 3.86. The van der Waals surface area contributed by atoms with Crippen LogP contribution in [0, 0.1) is 0 Å². The number of ether oxygens (including phenoxy) is 1. The second-order valence-electron chi connectivity index (χ2n) is 4.60. The summed E-state index contributed by atoms with van der Waals surface area (Å²) in [7, 11) is -0.742. The maximum Gasteiger partial charge on any atom is 0.123 e. The number of hydrogen-bond acceptors (Lipinski definition) is 3. The van der Waals surface area contributed by atoms with E-state index in [1.807, 2.05) is 18.2 Å². The van der Waals surface area contributed by atoms with Gasteiger partial charge in [0.1, 0.15) is 11.9 Å². The van der Waals surface area contributed by atoms with E-state index in [0.29, 0.717) is 5.75 Å². The van der Waals surface area contributed by atoms with Gasteiger partial charge in [0.15, 0.2) is 0 Å². The van der Waals surface area contributed by atoms with Crippen molar-refractivity contribution in [3.8, 4) is 5.75 Å². The molecule has 0 aliphatic carbocycles. The molecular weight excluding hydrogens is 234 g/mol. The summed E-state index contributed by atoms with van der Waals surface area (Å²) < 4.78 is 16.9. The number of fused-ring (bicyclic) bond motifs is 1. The van der Waals surface area contributed by atoms with E-state index in [1.165, 1.54) is 5.56 Å². The molecule has 0 aromatic heterocycles. The van der Waals surface area contributed by atoms with Crippen molar-refractivity contribution in [2.45, 2.75) is 25.5 Å². The third-order valence-electron chi connectivity index (χ3n) is 2.89. The van der Waals surface area contributed by atoms with Gasteiger partial charge in [0.05, 0.1) is 0 Å². The number of hydrogen-bond donors (Lipinski definition) is 1. The van der Waals surface area contributed by atoms with E-state index in [2.05, 4.69) is 18.3 Å². The van der Waals surface area contributed by atoms with Gasteiger partial charge in [0, 0.05) is 41.8 Å². The predicted octanol–water partition coefficient (Wildman–Crippen LogP) is 1.35. The van der Waals surface area contributed by atoms with E-state index in [9.17, 15) is 4.21 Å². The minimum absolute atomic E-state index is 0.208. The summed E-state index contributed by atoms with van der Waals surface area (Å²) in [6, 6.07) is 8.44. The average Bonchev–Trinajstić information content (AvgIpc) is 2.68. The Morgan fingerprint density at radius 1 is 1.53 bits per heavy atom. The van der Waals surface area contributed by atoms with Crippen LogP contribution >= 0.6 is 0 Å². The molecule has 4 heteroatoms. The first kappa shape index (κ1) is 12.6. The van der Waals surface area contributed by atoms with Gasteiger partial charge in [0.2, 0.25) is 0 Å². The van der Waals surface area contributed by atoms with Gasteiger partial charge >= 0.3 is 0 Å². The van der Waals surface area contributed by atoms with Crippen molar-refractivity contribution in [1.29, 1.82) is 0 Å². The second kappa shape index (κ2) is 5.65. The maximum atomic E-state index is 11.1. The van der Waals surface area contributed by atoms with Crippen LogP contribution in [-0.4, -0.2) is 34.9 Å². The van der Waals surface area contributed by atoms with Gasteiger partial charge in [-0.2, -0.15) is 0 Å². The van der Waals surface area contributed by atoms with E-state index in [1.54, 1.807) is 6.26 Å². The highest BCUT2D eigenvalue weighted by molar-refractivity contribution is 7.84. The minimum atomic E-state index is -0.742. The summed E-state index contributed by atoms with van der Waals surface area (Å²) in [4.78, 5) is 0. The summed E-state index contributed by atoms with van der Waals surface area (Å²) in [5, 5.41) is 3.37. The molecule has 0 spiro atoms. The second-order valence-corrected chi connectivity index (χ2v) is 6.08. The van der Waals surface area contributed by atoms with E-state index >= 15 is 0 Å². The summed E-state index contributed by atoms with van der Waals surface area (Å²) in [6.45, 7) is 2.87. The SMILES string of the molecule is CC(CS(C)=O)NCC1Cc2ccccc2O1. The van der Waals surface area contributed by atoms with Crippen LogP contribution in [0.15, 0.2) is 24.3 Å². The Hall–Kier alpha value is -0.870. The van der Waals surface area contributed by atoms with Crippen LogP contribution in [0.4, 0.5) is 0 Å². The highest BCUT2D eigenvalue weighted by atomic mass is 32.2. The molecule has 17 heavy (non-hydrogen) atoms. The number of benzene rings is 1. The molecule has 2 rings (SSSR count). The van der Waals surface area contributed by atoms with Crippen LogP contribution in [0.2, 0.25) is 0 Å². The van der Waals surface area contributed by atoms with E-state index in [0.717, 1.165) is 18.7 Å². The molecule has 1 aliphatic heterocycles. The van der Waals surface area contributed by atoms with Gasteiger partial charge in [-0.15, -0.1) is 0 Å². The van der Waals surface area contributed by atoms with Crippen molar-refractivity contribution >= 4 is 10.8 Å². The normalized spacial score (nSPS) is 21.6. The van der Waals surface area contributed by atoms with Crippen molar-refractivity contribution in [1.82, 2.24) is 5.32 Å². The van der Waals surface area contributed by atoms with E-state index in [-0.39, 0.29) is 12.1 Å². The van der Waals surface area contributed by atoms with Crippen LogP contribution in [0.3, 0.4) is 0 Å². The van der Waals surface area contributed by atoms with E-state index in [4.69, 9.17) is 4.74 Å². The highest BCUT2D eigenvalue weighted by Crippen LogP contribution is 2.27. The Morgan fingerprint density at radius 2 is 2.29 bits per heavy atom. The molecule has 94 valence electrons. The molecule has 3 atom stereocenters. The first-order valence-electron chi connectivity index (χ1n) is 5.93. The Bertz CT molecular complexity index is 383. The smallest absolute Gasteiger partial charge is 0.123 e. The van der Waals surface area contributed by atoms with E-state index < -0.39 is 10.8 Å². The van der Waals surface area contributed by atoms with Crippen molar-refractivity contribution < 1.29 is 8.95 Å². The molecule has 0 bridgehead atoms. The zero-order valence-corrected chi connectivity index (χ0v) is 11.1. The van der Waals surface area contributed by atoms with Crippen molar-refractivity contribution in [3.63, 3.8) is 0 Å². The fourth-order valence-electron chi connectivity index (χ4n) is 2.11. The first-order chi connectivity index (χ1) is 8.15. The zero-order chi connectivity index (χ0) is 12.3. The van der Waals surface area contributed by atoms with Gasteiger partial charge in [-0.25, -0.2) is 0 Å². The number of rotatable bonds is 5. The number of nitrogens with one attached hydrogen (secondary N) is 1. The molecule has 3 unspecified atom stereocenters. The third kappa shape index (κ3) is 3.54. The Morgan fingerprint density at radius 3 is 3.00 bits per heavy atom. The monoisotopic (exact) mass is 253 g/mol. The average molecular weight is 253 g/mol. The lowest BCUT2D eigenvalue weighted by Gasteiger charge is -2.16. The Labute approximate surface area is 105 Å². The molecule has 0 fully saturated rings. The van der Waals surface area contributed by atoms with Gasteiger partial charge in [-0.3, -0.25) is 4.21 Å². The summed E-state index contributed by atoms with van der Waals surface area (Å²) in [5.41, 5.74) is 1.28. The van der Waals surface area contributed by atoms with Crippen molar-refractivity contribution in [2.24, 2.45) is 0 Å². The fraction of sp³-hybridized carbons (Fsp3) is 0.538. The van der Waals surface area contributed by atoms with Crippen LogP contribution in [0.5, 0.6) is 5.75 Å². The molecule has 0 saturated heterocycles. The molecule has 0 radical (unpaired) electrons. The summed E-state index contributed by atoms with van der Waals surface area (Å²) in [6.07, 6.45) is 2.91. The summed E-state index contributed by atoms with van der Waals surface area (Å²) in [5.74, 6) is 1.70. The van der Waals surface area contributed by atoms with Gasteiger partial charge in [-0.1, -0.05) is 18.2 Å². The van der Waals surface area contributed by atoms with Crippen molar-refractivity contribution in [2.75, 3.05) is 18.6 Å². The lowest BCUT2D eigenvalue weighted by Crippen LogP contribution is -2.38. The lowest BCUT2D eigenvalue weighted by atomic mass is 10.1. The number of para-hydroxylation sites is 1. The van der Waals surface area contributed by atoms with Crippen molar-refractivity contribution in [3.05, 3.63) is 29.8 Å². The lowest BCUT2D eigenvalue weighted by molar-refractivity contribution is 0.224. The predicted molar refractivity (Wildman–Crippen MR) is 71.0 cm³/mol. The van der Waals surface area contributed by atoms with Gasteiger partial charge < -0.3 is 10.1 Å². The fourth-order valence-corrected chi connectivity index (χ4v) is 2.93. The molecule has 1 heterocycles. The minimum Gasteiger partial charge on any atom is -0.488 e. The van der Waals surface area contributed by atoms with Crippen LogP contribution in [-0.2, 0) is 17.2 Å². The van der Waals surface area contributed by atoms with Crippen LogP contribution in [0.25, 0.3) is 0 Å². The van der Waals surface area contributed by atoms with Gasteiger partial charge in [-0.05, 0) is 18.6 Å². The molecule has 0 saturated carbocycles. The topological polar surface area (TPSA) is 38.3 Å². The van der Waals surface area contributed by atoms with Crippen LogP contribution < -0.4 is 10.1 Å². The quantitative estimate of drug-likeness (QED) is 0.861. The molecule has 0 amide bonds. The summed E-state index contributed by atoms with van der Waals surface area (Å²) >= 11 is 0. The Kier molecular flexibility index (Phi) is 4.18. The molecular formula is C13H19NO2S. The Balaban J connectivity index is 1.78. The maximum absolute atomic E-state index is 11.1. The largest absolute Gasteiger partial charge is 0.488 e. The zero-order valence-electron chi connectivity index (χ0n) is 10.3. The standard InChI is InChI=1S/C13H19NO2S/c1-10(9-17(2)15)14-8-12-7-11-5-3-4-6-13(11)16-12/h3-6,10,12,14H,7-9H2,1-2H3.